The highest BCUT2D eigenvalue weighted by atomic mass is 16.5. The number of carbonyl (C=O) groups excluding carboxylic acids is 1. The first-order valence-corrected chi connectivity index (χ1v) is 21.8. The molecule has 0 radical (unpaired) electrons. The fraction of sp³-hybridized carbons (Fsp3) is 0.688. The maximum Gasteiger partial charge on any atom is 0.224 e. The Kier molecular flexibility index (Phi) is 8.68. The summed E-state index contributed by atoms with van der Waals surface area (Å²) in [6.45, 7) is 7.44. The molecule has 7 fully saturated rings. The molecule has 2 aromatic rings. The molecule has 9 atom stereocenters. The van der Waals surface area contributed by atoms with Crippen molar-refractivity contribution in [2.45, 2.75) is 122 Å². The summed E-state index contributed by atoms with van der Waals surface area (Å²) in [5, 5.41) is 36.0. The lowest BCUT2D eigenvalue weighted by Crippen LogP contribution is -2.67. The Balaban J connectivity index is 0.968. The molecule has 55 heavy (non-hydrogen) atoms. The molecule has 0 amide bonds. The van der Waals surface area contributed by atoms with E-state index in [1.165, 1.54) is 38.5 Å². The number of carbonyl (C=O) groups is 1. The first-order valence-electron chi connectivity index (χ1n) is 21.8. The summed E-state index contributed by atoms with van der Waals surface area (Å²) >= 11 is 0. The van der Waals surface area contributed by atoms with E-state index in [1.807, 2.05) is 18.2 Å². The Morgan fingerprint density at radius 2 is 1.56 bits per heavy atom. The van der Waals surface area contributed by atoms with E-state index in [-0.39, 0.29) is 46.6 Å². The van der Waals surface area contributed by atoms with Crippen LogP contribution < -0.4 is 0 Å². The van der Waals surface area contributed by atoms with Crippen molar-refractivity contribution in [2.75, 3.05) is 26.2 Å². The summed E-state index contributed by atoms with van der Waals surface area (Å²) in [6.07, 6.45) is 21.3. The van der Waals surface area contributed by atoms with E-state index in [2.05, 4.69) is 49.1 Å². The van der Waals surface area contributed by atoms with Crippen molar-refractivity contribution < 1.29 is 29.3 Å². The van der Waals surface area contributed by atoms with Crippen LogP contribution in [-0.4, -0.2) is 70.1 Å². The second-order valence-electron chi connectivity index (χ2n) is 20.9. The van der Waals surface area contributed by atoms with Gasteiger partial charge in [-0.15, -0.1) is 0 Å². The quantitative estimate of drug-likeness (QED) is 0.149. The summed E-state index contributed by atoms with van der Waals surface area (Å²) in [7, 11) is 0. The topological polar surface area (TPSA) is 103 Å². The first kappa shape index (κ1) is 36.8. The number of fused-ring (bicyclic) bond motifs is 1. The summed E-state index contributed by atoms with van der Waals surface area (Å²) in [4.78, 5) is 17.1. The molecule has 10 aliphatic carbocycles. The monoisotopic (exact) mass is 749 g/mol. The van der Waals surface area contributed by atoms with Gasteiger partial charge in [0.05, 0.1) is 37.3 Å². The van der Waals surface area contributed by atoms with Gasteiger partial charge in [0.15, 0.2) is 5.76 Å². The minimum absolute atomic E-state index is 0.0393. The number of allylic oxidation sites excluding steroid dienone is 4. The van der Waals surface area contributed by atoms with Gasteiger partial charge in [0.2, 0.25) is 5.78 Å². The third-order valence-corrected chi connectivity index (χ3v) is 17.8. The second kappa shape index (κ2) is 13.0. The number of benzene rings is 1. The van der Waals surface area contributed by atoms with Crippen molar-refractivity contribution in [3.05, 3.63) is 83.9 Å². The molecule has 10 aliphatic rings. The van der Waals surface area contributed by atoms with Crippen molar-refractivity contribution in [3.63, 3.8) is 0 Å². The van der Waals surface area contributed by atoms with E-state index in [0.29, 0.717) is 38.3 Å². The van der Waals surface area contributed by atoms with Crippen LogP contribution in [0.1, 0.15) is 113 Å². The van der Waals surface area contributed by atoms with Crippen molar-refractivity contribution in [1.29, 1.82) is 0 Å². The molecule has 7 saturated carbocycles. The Morgan fingerprint density at radius 1 is 0.873 bits per heavy atom. The van der Waals surface area contributed by atoms with Gasteiger partial charge >= 0.3 is 0 Å². The number of ketones is 1. The summed E-state index contributed by atoms with van der Waals surface area (Å²) in [5.74, 6) is 3.13. The average Bonchev–Trinajstić information content (AvgIpc) is 3.77. The molecule has 1 aromatic heterocycles. The molecule has 0 aliphatic heterocycles. The standard InChI is InChI=1S/C48H63NO6/c1-43-13-10-36(50)25-46(43)16-17-48(38(26-46)42(52)39-9-6-18-55-39)40(43)11-14-44(2)41(48)12-15-47(44,53)31-49(27-37(51)29-54-28-32-7-4-3-5-8-32)30-45-22-33-19-34(23-45)21-35(20-33)24-45/h3-9,16-18,26,33-37,40-41,50-51,53H,10-15,19-25,27-31H2,1-2H3. The van der Waals surface area contributed by atoms with Gasteiger partial charge in [-0.1, -0.05) is 62.4 Å². The zero-order valence-electron chi connectivity index (χ0n) is 33.1. The van der Waals surface area contributed by atoms with E-state index >= 15 is 0 Å². The smallest absolute Gasteiger partial charge is 0.224 e. The number of hydrogen-bond acceptors (Lipinski definition) is 7. The number of furan rings is 1. The zero-order valence-corrected chi connectivity index (χ0v) is 33.1. The van der Waals surface area contributed by atoms with E-state index in [1.54, 1.807) is 18.4 Å². The van der Waals surface area contributed by atoms with Crippen LogP contribution in [0.3, 0.4) is 0 Å². The molecule has 296 valence electrons. The van der Waals surface area contributed by atoms with Crippen LogP contribution in [0.4, 0.5) is 0 Å². The van der Waals surface area contributed by atoms with Gasteiger partial charge in [-0.3, -0.25) is 9.69 Å². The number of aliphatic hydroxyl groups excluding tert-OH is 2. The number of nitrogens with zero attached hydrogens (tertiary/aromatic N) is 1. The third-order valence-electron chi connectivity index (χ3n) is 17.8. The first-order chi connectivity index (χ1) is 26.4. The van der Waals surface area contributed by atoms with Gasteiger partial charge in [0.1, 0.15) is 0 Å². The second-order valence-corrected chi connectivity index (χ2v) is 20.9. The van der Waals surface area contributed by atoms with Gasteiger partial charge in [0.25, 0.3) is 0 Å². The molecule has 1 aromatic carbocycles. The predicted molar refractivity (Wildman–Crippen MR) is 211 cm³/mol. The van der Waals surface area contributed by atoms with Crippen LogP contribution in [0.5, 0.6) is 0 Å². The lowest BCUT2D eigenvalue weighted by molar-refractivity contribution is -0.179. The van der Waals surface area contributed by atoms with Crippen LogP contribution in [0.25, 0.3) is 0 Å². The lowest BCUT2D eigenvalue weighted by Gasteiger charge is -2.71. The minimum atomic E-state index is -0.980. The van der Waals surface area contributed by atoms with E-state index in [4.69, 9.17) is 9.15 Å². The molecular formula is C48H63NO6. The highest BCUT2D eigenvalue weighted by Gasteiger charge is 2.74. The van der Waals surface area contributed by atoms with Crippen molar-refractivity contribution in [3.8, 4) is 0 Å². The normalized spacial score (nSPS) is 45.3. The Bertz CT molecular complexity index is 1800. The fourth-order valence-corrected chi connectivity index (χ4v) is 15.9. The van der Waals surface area contributed by atoms with Crippen LogP contribution >= 0.6 is 0 Å². The average molecular weight is 750 g/mol. The van der Waals surface area contributed by atoms with E-state index in [9.17, 15) is 20.1 Å². The number of Topliss-reactive ketones (excluding diaryl/α,β-unsaturated/α-hetero) is 1. The molecule has 1 heterocycles. The summed E-state index contributed by atoms with van der Waals surface area (Å²) in [6, 6.07) is 13.7. The lowest BCUT2D eigenvalue weighted by atomic mass is 9.32. The van der Waals surface area contributed by atoms with Gasteiger partial charge in [-0.25, -0.2) is 0 Å². The van der Waals surface area contributed by atoms with Gasteiger partial charge in [-0.2, -0.15) is 0 Å². The number of rotatable bonds is 12. The third kappa shape index (κ3) is 5.56. The van der Waals surface area contributed by atoms with Crippen LogP contribution in [-0.2, 0) is 11.3 Å². The van der Waals surface area contributed by atoms with Crippen molar-refractivity contribution in [2.24, 2.45) is 56.7 Å². The highest BCUT2D eigenvalue weighted by molar-refractivity contribution is 6.08. The highest BCUT2D eigenvalue weighted by Crippen LogP contribution is 2.78. The molecule has 7 heteroatoms. The maximum atomic E-state index is 14.7. The SMILES string of the molecule is CC12CCC(O)CC13C=CC1(C(C(=O)c4ccco4)=C3)C2CCC2(C)C1CCC2(O)CN(CC(O)COCc1ccccc1)CC12CC3CC(CC(C3)C1)C2. The van der Waals surface area contributed by atoms with Gasteiger partial charge in [-0.05, 0) is 142 Å². The number of aliphatic hydroxyl groups is 3. The largest absolute Gasteiger partial charge is 0.461 e. The maximum absolute atomic E-state index is 14.7. The minimum Gasteiger partial charge on any atom is -0.461 e. The zero-order chi connectivity index (χ0) is 37.8. The molecule has 2 spiro atoms. The molecule has 12 rings (SSSR count). The number of hydrogen-bond donors (Lipinski definition) is 3. The molecule has 9 unspecified atom stereocenters. The molecule has 0 saturated heterocycles. The molecular weight excluding hydrogens is 687 g/mol. The Labute approximate surface area is 327 Å². The predicted octanol–water partition coefficient (Wildman–Crippen LogP) is 8.15. The van der Waals surface area contributed by atoms with Gasteiger partial charge < -0.3 is 24.5 Å². The van der Waals surface area contributed by atoms with Crippen LogP contribution in [0.2, 0.25) is 0 Å². The van der Waals surface area contributed by atoms with E-state index in [0.717, 1.165) is 67.5 Å². The van der Waals surface area contributed by atoms with E-state index < -0.39 is 22.5 Å². The summed E-state index contributed by atoms with van der Waals surface area (Å²) < 4.78 is 11.9. The fourth-order valence-electron chi connectivity index (χ4n) is 15.9. The number of ether oxygens (including phenoxy) is 1. The van der Waals surface area contributed by atoms with Gasteiger partial charge in [0, 0.05) is 41.5 Å². The molecule has 6 bridgehead atoms. The van der Waals surface area contributed by atoms with Crippen molar-refractivity contribution in [1.82, 2.24) is 4.90 Å². The summed E-state index contributed by atoms with van der Waals surface area (Å²) in [5.41, 5.74) is -0.194. The van der Waals surface area contributed by atoms with Crippen molar-refractivity contribution >= 4 is 5.78 Å². The Hall–Kier alpha value is -2.55. The Morgan fingerprint density at radius 3 is 2.27 bits per heavy atom. The molecule has 7 nitrogen and oxygen atoms in total. The van der Waals surface area contributed by atoms with Crippen LogP contribution in [0, 0.1) is 56.7 Å². The van der Waals surface area contributed by atoms with Crippen LogP contribution in [0.15, 0.2) is 76.9 Å². The molecule has 3 N–H and O–H groups in total.